The van der Waals surface area contributed by atoms with Gasteiger partial charge in [-0.3, -0.25) is 0 Å². The van der Waals surface area contributed by atoms with Crippen LogP contribution < -0.4 is 0 Å². The summed E-state index contributed by atoms with van der Waals surface area (Å²) in [5.74, 6) is 0.331. The van der Waals surface area contributed by atoms with Gasteiger partial charge in [0.25, 0.3) is 0 Å². The Morgan fingerprint density at radius 3 is 0.912 bits per heavy atom. The second-order valence-corrected chi connectivity index (χ2v) is 23.9. The molecule has 0 aliphatic rings. The van der Waals surface area contributed by atoms with Crippen LogP contribution >= 0.6 is 0 Å². The molecule has 0 amide bonds. The van der Waals surface area contributed by atoms with Crippen LogP contribution in [-0.2, 0) is 10.8 Å². The van der Waals surface area contributed by atoms with E-state index >= 15 is 0 Å². The molecule has 80 heavy (non-hydrogen) atoms. The van der Waals surface area contributed by atoms with Crippen molar-refractivity contribution in [1.29, 1.82) is 0 Å². The van der Waals surface area contributed by atoms with Crippen molar-refractivity contribution >= 4 is 64.6 Å². The molecule has 14 aromatic rings. The van der Waals surface area contributed by atoms with Crippen LogP contribution in [-0.4, -0.2) is 20.4 Å². The minimum atomic E-state index is -0.285. The molecule has 386 valence electrons. The molecule has 0 aliphatic carbocycles. The second kappa shape index (κ2) is 18.0. The van der Waals surface area contributed by atoms with Crippen LogP contribution in [0.5, 0.6) is 23.0 Å². The molecule has 4 N–H and O–H groups in total. The molecule has 0 fully saturated rings. The Labute approximate surface area is 465 Å². The molecule has 0 bridgehead atoms. The first kappa shape index (κ1) is 48.7. The van der Waals surface area contributed by atoms with E-state index in [4.69, 9.17) is 0 Å². The summed E-state index contributed by atoms with van der Waals surface area (Å²) in [5, 5.41) is 63.2. The van der Waals surface area contributed by atoms with Crippen molar-refractivity contribution < 1.29 is 20.4 Å². The first-order valence-electron chi connectivity index (χ1n) is 27.5. The van der Waals surface area contributed by atoms with Gasteiger partial charge in [-0.15, -0.1) is 0 Å². The van der Waals surface area contributed by atoms with Crippen LogP contribution in [0.1, 0.15) is 52.7 Å². The summed E-state index contributed by atoms with van der Waals surface area (Å²) in [6.07, 6.45) is 0. The Hall–Kier alpha value is -9.64. The van der Waals surface area contributed by atoms with Crippen molar-refractivity contribution in [3.63, 3.8) is 0 Å². The number of hydrogen-bond donors (Lipinski definition) is 4. The van der Waals surface area contributed by atoms with E-state index in [1.807, 2.05) is 72.8 Å². The van der Waals surface area contributed by atoms with Gasteiger partial charge in [-0.25, -0.2) is 0 Å². The van der Waals surface area contributed by atoms with Gasteiger partial charge in [-0.05, 0) is 192 Å². The standard InChI is InChI=1S/C76H58O4/c1-75(2,3)55-39-63(73(79)65(41-55)59-31-27-53(37-67(59)77)57-29-23-47-21-19-43-11-7-13-45-25-33-61(57)71(47)69(43)45)51-17-9-15-49(35-51)50-16-10-18-52(36-50)64-40-56(76(4,5)6)42-66(74(64)80)60-32-28-54(38-68(60)78)58-30-24-48-22-20-44-12-8-14-46-26-34-62(58)72(48)70(44)46/h7-42,77-80H,1-6H3. The monoisotopic (exact) mass is 1030 g/mol. The molecule has 14 aromatic carbocycles. The molecule has 4 heteroatoms. The summed E-state index contributed by atoms with van der Waals surface area (Å²) in [7, 11) is 0. The van der Waals surface area contributed by atoms with Crippen molar-refractivity contribution in [2.75, 3.05) is 0 Å². The molecule has 0 atom stereocenters. The van der Waals surface area contributed by atoms with E-state index in [-0.39, 0.29) is 33.8 Å². The summed E-state index contributed by atoms with van der Waals surface area (Å²) in [5.41, 5.74) is 12.3. The topological polar surface area (TPSA) is 80.9 Å². The van der Waals surface area contributed by atoms with Crippen molar-refractivity contribution in [2.45, 2.75) is 52.4 Å². The van der Waals surface area contributed by atoms with Gasteiger partial charge in [0, 0.05) is 33.4 Å². The summed E-state index contributed by atoms with van der Waals surface area (Å²) in [6.45, 7) is 13.0. The highest BCUT2D eigenvalue weighted by Gasteiger charge is 2.25. The molecule has 0 heterocycles. The van der Waals surface area contributed by atoms with Gasteiger partial charge in [-0.1, -0.05) is 199 Å². The normalized spacial score (nSPS) is 12.3. The Morgan fingerprint density at radius 2 is 0.537 bits per heavy atom. The average Bonchev–Trinajstić information content (AvgIpc) is 3.49. The maximum Gasteiger partial charge on any atom is 0.131 e. The van der Waals surface area contributed by atoms with Crippen LogP contribution in [0.2, 0.25) is 0 Å². The number of hydrogen-bond acceptors (Lipinski definition) is 4. The fourth-order valence-corrected chi connectivity index (χ4v) is 12.5. The average molecular weight is 1040 g/mol. The molecular formula is C76H58O4. The number of phenolic OH excluding ortho intramolecular Hbond substituents is 4. The lowest BCUT2D eigenvalue weighted by atomic mass is 9.82. The van der Waals surface area contributed by atoms with Crippen LogP contribution in [0.25, 0.3) is 143 Å². The van der Waals surface area contributed by atoms with Crippen molar-refractivity contribution in [3.05, 3.63) is 230 Å². The van der Waals surface area contributed by atoms with E-state index in [1.165, 1.54) is 53.9 Å². The fraction of sp³-hybridized carbons (Fsp3) is 0.105. The summed E-state index contributed by atoms with van der Waals surface area (Å²) >= 11 is 0. The summed E-state index contributed by atoms with van der Waals surface area (Å²) in [4.78, 5) is 0. The Morgan fingerprint density at radius 1 is 0.237 bits per heavy atom. The zero-order chi connectivity index (χ0) is 54.9. The lowest BCUT2D eigenvalue weighted by Gasteiger charge is -2.23. The fourth-order valence-electron chi connectivity index (χ4n) is 12.5. The quantitative estimate of drug-likeness (QED) is 0.120. The van der Waals surface area contributed by atoms with E-state index in [0.717, 1.165) is 66.4 Å². The number of aromatic hydroxyl groups is 4. The first-order chi connectivity index (χ1) is 38.6. The molecule has 4 nitrogen and oxygen atoms in total. The maximum atomic E-state index is 12.4. The lowest BCUT2D eigenvalue weighted by molar-refractivity contribution is 0.469. The smallest absolute Gasteiger partial charge is 0.131 e. The lowest BCUT2D eigenvalue weighted by Crippen LogP contribution is -2.11. The Kier molecular flexibility index (Phi) is 10.9. The molecule has 0 aromatic heterocycles. The Balaban J connectivity index is 0.820. The highest BCUT2D eigenvalue weighted by Crippen LogP contribution is 2.50. The predicted octanol–water partition coefficient (Wildman–Crippen LogP) is 20.6. The van der Waals surface area contributed by atoms with Gasteiger partial charge in [-0.2, -0.15) is 0 Å². The summed E-state index contributed by atoms with van der Waals surface area (Å²) in [6, 6.07) is 75.0. The van der Waals surface area contributed by atoms with E-state index < -0.39 is 0 Å². The van der Waals surface area contributed by atoms with Gasteiger partial charge < -0.3 is 20.4 Å². The molecule has 0 saturated heterocycles. The molecule has 0 aliphatic heterocycles. The van der Waals surface area contributed by atoms with E-state index in [9.17, 15) is 20.4 Å². The number of benzene rings is 14. The molecule has 0 saturated carbocycles. The third-order valence-electron chi connectivity index (χ3n) is 16.9. The zero-order valence-corrected chi connectivity index (χ0v) is 45.6. The minimum Gasteiger partial charge on any atom is -0.507 e. The third-order valence-corrected chi connectivity index (χ3v) is 16.9. The minimum absolute atomic E-state index is 0.0818. The van der Waals surface area contributed by atoms with Gasteiger partial charge in [0.15, 0.2) is 0 Å². The van der Waals surface area contributed by atoms with Crippen LogP contribution in [0.4, 0.5) is 0 Å². The zero-order valence-electron chi connectivity index (χ0n) is 45.6. The number of rotatable bonds is 7. The molecule has 14 rings (SSSR count). The van der Waals surface area contributed by atoms with Gasteiger partial charge in [0.05, 0.1) is 0 Å². The van der Waals surface area contributed by atoms with Crippen molar-refractivity contribution in [2.24, 2.45) is 0 Å². The SMILES string of the molecule is CC(C)(C)c1cc(-c2cccc(-c3cccc(-c4cc(C(C)(C)C)cc(-c5ccc(-c6ccc7ccc8cccc9ccc6c7c89)cc5O)c4O)c3)c2)c(O)c(-c2ccc(-c3ccc4ccc5cccc6ccc3c4c56)cc2O)c1. The molecule has 0 radical (unpaired) electrons. The largest absolute Gasteiger partial charge is 0.507 e. The van der Waals surface area contributed by atoms with Crippen LogP contribution in [0.3, 0.4) is 0 Å². The van der Waals surface area contributed by atoms with Gasteiger partial charge in [0.2, 0.25) is 0 Å². The summed E-state index contributed by atoms with van der Waals surface area (Å²) < 4.78 is 0. The van der Waals surface area contributed by atoms with Crippen molar-refractivity contribution in [1.82, 2.24) is 0 Å². The second-order valence-electron chi connectivity index (χ2n) is 23.9. The first-order valence-corrected chi connectivity index (χ1v) is 27.5. The third kappa shape index (κ3) is 7.88. The van der Waals surface area contributed by atoms with E-state index in [1.54, 1.807) is 0 Å². The van der Waals surface area contributed by atoms with E-state index in [2.05, 4.69) is 187 Å². The van der Waals surface area contributed by atoms with Crippen molar-refractivity contribution in [3.8, 4) is 101 Å². The van der Waals surface area contributed by atoms with Gasteiger partial charge >= 0.3 is 0 Å². The highest BCUT2D eigenvalue weighted by molar-refractivity contribution is 6.27. The van der Waals surface area contributed by atoms with Gasteiger partial charge in [0.1, 0.15) is 23.0 Å². The Bertz CT molecular complexity index is 4500. The molecule has 0 spiro atoms. The molecular weight excluding hydrogens is 977 g/mol. The van der Waals surface area contributed by atoms with Crippen LogP contribution in [0.15, 0.2) is 218 Å². The predicted molar refractivity (Wildman–Crippen MR) is 336 cm³/mol. The highest BCUT2D eigenvalue weighted by atomic mass is 16.3. The van der Waals surface area contributed by atoms with E-state index in [0.29, 0.717) is 33.4 Å². The molecule has 0 unspecified atom stereocenters. The number of phenols is 4. The van der Waals surface area contributed by atoms with Crippen LogP contribution in [0, 0.1) is 0 Å². The maximum absolute atomic E-state index is 12.4.